The lowest BCUT2D eigenvalue weighted by Crippen LogP contribution is -2.34. The quantitative estimate of drug-likeness (QED) is 0.237. The summed E-state index contributed by atoms with van der Waals surface area (Å²) in [5.74, 6) is 0. The zero-order valence-corrected chi connectivity index (χ0v) is 12.4. The van der Waals surface area contributed by atoms with E-state index < -0.39 is 7.87 Å². The van der Waals surface area contributed by atoms with Gasteiger partial charge in [-0.25, -0.2) is 0 Å². The van der Waals surface area contributed by atoms with Gasteiger partial charge in [0.15, 0.2) is 0 Å². The average molecular weight is 279 g/mol. The molecule has 0 aromatic carbocycles. The van der Waals surface area contributed by atoms with Crippen LogP contribution < -0.4 is 0 Å². The predicted molar refractivity (Wildman–Crippen MR) is 74.2 cm³/mol. The third-order valence-corrected chi connectivity index (χ3v) is 4.75. The Hall–Kier alpha value is -0.133. The molecule has 5 heteroatoms. The molecule has 0 N–H and O–H groups in total. The van der Waals surface area contributed by atoms with E-state index in [4.69, 9.17) is 24.7 Å². The molecule has 100 valence electrons. The highest BCUT2D eigenvalue weighted by Gasteiger charge is 2.31. The number of hydrogen-bond acceptors (Lipinski definition) is 3. The Kier molecular flexibility index (Phi) is 10.9. The molecule has 0 bridgehead atoms. The molecule has 0 saturated carbocycles. The zero-order chi connectivity index (χ0) is 13.0. The fourth-order valence-corrected chi connectivity index (χ4v) is 2.73. The minimum absolute atomic E-state index is 0.541. The molecule has 0 aromatic heterocycles. The fourth-order valence-electron chi connectivity index (χ4n) is 1.04. The Bertz CT molecular complexity index is 214. The lowest BCUT2D eigenvalue weighted by atomic mass is 10.4. The summed E-state index contributed by atoms with van der Waals surface area (Å²) in [4.78, 5) is 0. The SMILES string of the molecule is C=CCCOCCCO[Si](Cl)(C=C)OCCC. The largest absolute Gasteiger partial charge is 0.470 e. The molecule has 0 fully saturated rings. The summed E-state index contributed by atoms with van der Waals surface area (Å²) in [6.45, 7) is 11.8. The maximum atomic E-state index is 6.19. The molecule has 0 aliphatic heterocycles. The third-order valence-electron chi connectivity index (χ3n) is 1.95. The fraction of sp³-hybridized carbons (Fsp3) is 0.667. The molecule has 17 heavy (non-hydrogen) atoms. The van der Waals surface area contributed by atoms with Crippen LogP contribution in [0.15, 0.2) is 24.9 Å². The Morgan fingerprint density at radius 2 is 1.82 bits per heavy atom. The molecule has 0 radical (unpaired) electrons. The molecule has 1 unspecified atom stereocenters. The second-order valence-corrected chi connectivity index (χ2v) is 7.26. The first-order valence-corrected chi connectivity index (χ1v) is 8.88. The van der Waals surface area contributed by atoms with Crippen molar-refractivity contribution >= 4 is 18.9 Å². The van der Waals surface area contributed by atoms with Crippen molar-refractivity contribution < 1.29 is 13.6 Å². The third kappa shape index (κ3) is 9.56. The van der Waals surface area contributed by atoms with E-state index in [0.29, 0.717) is 26.4 Å². The lowest BCUT2D eigenvalue weighted by Gasteiger charge is -2.20. The number of ether oxygens (including phenoxy) is 1. The maximum Gasteiger partial charge on any atom is 0.470 e. The first-order valence-electron chi connectivity index (χ1n) is 5.97. The van der Waals surface area contributed by atoms with E-state index in [0.717, 1.165) is 19.3 Å². The van der Waals surface area contributed by atoms with Gasteiger partial charge in [0.1, 0.15) is 0 Å². The second kappa shape index (κ2) is 11.0. The van der Waals surface area contributed by atoms with Gasteiger partial charge in [-0.2, -0.15) is 0 Å². The molecule has 0 aliphatic carbocycles. The van der Waals surface area contributed by atoms with Crippen molar-refractivity contribution in [2.24, 2.45) is 0 Å². The molecule has 0 aromatic rings. The van der Waals surface area contributed by atoms with Crippen LogP contribution in [0, 0.1) is 0 Å². The summed E-state index contributed by atoms with van der Waals surface area (Å²) in [6.07, 6.45) is 4.44. The summed E-state index contributed by atoms with van der Waals surface area (Å²) in [6, 6.07) is 0. The second-order valence-electron chi connectivity index (χ2n) is 3.53. The predicted octanol–water partition coefficient (Wildman–Crippen LogP) is 3.32. The van der Waals surface area contributed by atoms with Gasteiger partial charge in [-0.05, 0) is 25.0 Å². The minimum atomic E-state index is -2.66. The summed E-state index contributed by atoms with van der Waals surface area (Å²) in [5.41, 5.74) is 1.60. The number of halogens is 1. The standard InChI is InChI=1S/C12H23ClO3Si/c1-4-7-10-14-11-8-12-16-17(13,6-3)15-9-5-2/h4,6H,1,3,5,7-12H2,2H3. The van der Waals surface area contributed by atoms with Crippen LogP contribution in [0.5, 0.6) is 0 Å². The van der Waals surface area contributed by atoms with E-state index in [1.807, 2.05) is 13.0 Å². The molecular weight excluding hydrogens is 256 g/mol. The van der Waals surface area contributed by atoms with Crippen LogP contribution in [0.2, 0.25) is 0 Å². The highest BCUT2D eigenvalue weighted by molar-refractivity contribution is 7.15. The van der Waals surface area contributed by atoms with Gasteiger partial charge in [0.05, 0.1) is 0 Å². The summed E-state index contributed by atoms with van der Waals surface area (Å²) >= 11 is 6.19. The van der Waals surface area contributed by atoms with E-state index in [1.165, 1.54) is 0 Å². The van der Waals surface area contributed by atoms with Crippen LogP contribution in [0.1, 0.15) is 26.2 Å². The van der Waals surface area contributed by atoms with Crippen LogP contribution >= 0.6 is 11.1 Å². The topological polar surface area (TPSA) is 27.7 Å². The van der Waals surface area contributed by atoms with Crippen molar-refractivity contribution in [3.05, 3.63) is 24.9 Å². The minimum Gasteiger partial charge on any atom is -0.381 e. The highest BCUT2D eigenvalue weighted by Crippen LogP contribution is 2.14. The van der Waals surface area contributed by atoms with Crippen molar-refractivity contribution in [3.63, 3.8) is 0 Å². The molecule has 0 rings (SSSR count). The van der Waals surface area contributed by atoms with Gasteiger partial charge in [-0.1, -0.05) is 24.1 Å². The number of rotatable bonds is 12. The zero-order valence-electron chi connectivity index (χ0n) is 10.6. The Morgan fingerprint density at radius 3 is 2.41 bits per heavy atom. The van der Waals surface area contributed by atoms with Crippen LogP contribution in [-0.4, -0.2) is 34.3 Å². The molecule has 1 atom stereocenters. The van der Waals surface area contributed by atoms with Crippen LogP contribution in [0.4, 0.5) is 0 Å². The van der Waals surface area contributed by atoms with Gasteiger partial charge in [-0.15, -0.1) is 13.2 Å². The summed E-state index contributed by atoms with van der Waals surface area (Å²) in [5, 5.41) is 0. The van der Waals surface area contributed by atoms with Gasteiger partial charge in [-0.3, -0.25) is 0 Å². The lowest BCUT2D eigenvalue weighted by molar-refractivity contribution is 0.115. The Balaban J connectivity index is 3.55. The summed E-state index contributed by atoms with van der Waals surface area (Å²) < 4.78 is 16.4. The monoisotopic (exact) mass is 278 g/mol. The Labute approximate surface area is 110 Å². The van der Waals surface area contributed by atoms with Crippen molar-refractivity contribution in [3.8, 4) is 0 Å². The molecule has 3 nitrogen and oxygen atoms in total. The van der Waals surface area contributed by atoms with Gasteiger partial charge >= 0.3 is 7.87 Å². The molecule has 0 saturated heterocycles. The van der Waals surface area contributed by atoms with Crippen LogP contribution in [0.25, 0.3) is 0 Å². The van der Waals surface area contributed by atoms with E-state index in [1.54, 1.807) is 5.70 Å². The van der Waals surface area contributed by atoms with Gasteiger partial charge in [0.25, 0.3) is 0 Å². The molecule has 0 spiro atoms. The average Bonchev–Trinajstić information content (AvgIpc) is 2.35. The summed E-state index contributed by atoms with van der Waals surface area (Å²) in [7, 11) is -2.66. The van der Waals surface area contributed by atoms with E-state index >= 15 is 0 Å². The van der Waals surface area contributed by atoms with Gasteiger partial charge in [0, 0.05) is 26.4 Å². The van der Waals surface area contributed by atoms with Crippen molar-refractivity contribution in [1.82, 2.24) is 0 Å². The smallest absolute Gasteiger partial charge is 0.381 e. The number of hydrogen-bond donors (Lipinski definition) is 0. The van der Waals surface area contributed by atoms with E-state index in [9.17, 15) is 0 Å². The van der Waals surface area contributed by atoms with Crippen molar-refractivity contribution in [2.45, 2.75) is 26.2 Å². The van der Waals surface area contributed by atoms with Gasteiger partial charge in [0.2, 0.25) is 0 Å². The van der Waals surface area contributed by atoms with Crippen molar-refractivity contribution in [1.29, 1.82) is 0 Å². The highest BCUT2D eigenvalue weighted by atomic mass is 35.6. The maximum absolute atomic E-state index is 6.19. The van der Waals surface area contributed by atoms with Crippen LogP contribution in [0.3, 0.4) is 0 Å². The first kappa shape index (κ1) is 16.9. The van der Waals surface area contributed by atoms with E-state index in [2.05, 4.69) is 13.2 Å². The van der Waals surface area contributed by atoms with E-state index in [-0.39, 0.29) is 0 Å². The molecule has 0 heterocycles. The Morgan fingerprint density at radius 1 is 1.12 bits per heavy atom. The van der Waals surface area contributed by atoms with Crippen LogP contribution in [-0.2, 0) is 13.6 Å². The first-order chi connectivity index (χ1) is 8.18. The van der Waals surface area contributed by atoms with Gasteiger partial charge < -0.3 is 13.6 Å². The molecule has 0 amide bonds. The molecular formula is C12H23ClO3Si. The normalized spacial score (nSPS) is 14.2. The molecule has 0 aliphatic rings. The van der Waals surface area contributed by atoms with Crippen molar-refractivity contribution in [2.75, 3.05) is 26.4 Å².